The second kappa shape index (κ2) is 3.17. The zero-order chi connectivity index (χ0) is 7.56. The first-order chi connectivity index (χ1) is 4.75. The first-order valence-corrected chi connectivity index (χ1v) is 4.47. The van der Waals surface area contributed by atoms with Crippen molar-refractivity contribution in [1.82, 2.24) is 0 Å². The van der Waals surface area contributed by atoms with Crippen molar-refractivity contribution in [2.75, 3.05) is 0 Å². The molecule has 0 aliphatic carbocycles. The van der Waals surface area contributed by atoms with Gasteiger partial charge in [-0.15, -0.1) is 11.3 Å². The molecule has 0 radical (unpaired) electrons. The van der Waals surface area contributed by atoms with Crippen LogP contribution in [0.3, 0.4) is 0 Å². The lowest BCUT2D eigenvalue weighted by atomic mass is 10.2. The molecule has 0 saturated heterocycles. The molecule has 0 saturated carbocycles. The second-order valence-electron chi connectivity index (χ2n) is 1.81. The van der Waals surface area contributed by atoms with Gasteiger partial charge in [0, 0.05) is 14.9 Å². The Kier molecular flexibility index (Phi) is 2.46. The van der Waals surface area contributed by atoms with Crippen LogP contribution in [0.1, 0.15) is 10.4 Å². The van der Waals surface area contributed by atoms with Crippen molar-refractivity contribution in [3.63, 3.8) is 0 Å². The summed E-state index contributed by atoms with van der Waals surface area (Å²) in [4.78, 5) is 1.17. The Labute approximate surface area is 73.0 Å². The summed E-state index contributed by atoms with van der Waals surface area (Å²) < 4.78 is 0.920. The lowest BCUT2D eigenvalue weighted by Crippen LogP contribution is -1.70. The maximum Gasteiger partial charge on any atom is 0.0347 e. The molecule has 0 aromatic carbocycles. The van der Waals surface area contributed by atoms with Crippen LogP contribution >= 0.6 is 27.3 Å². The van der Waals surface area contributed by atoms with E-state index in [4.69, 9.17) is 0 Å². The molecule has 0 aliphatic heterocycles. The monoisotopic (exact) mass is 214 g/mol. The fourth-order valence-corrected chi connectivity index (χ4v) is 1.95. The van der Waals surface area contributed by atoms with Gasteiger partial charge in [-0.2, -0.15) is 0 Å². The van der Waals surface area contributed by atoms with Gasteiger partial charge in [-0.3, -0.25) is 0 Å². The molecule has 0 aliphatic rings. The molecule has 1 heterocycles. The van der Waals surface area contributed by atoms with Crippen molar-refractivity contribution in [3.05, 3.63) is 35.0 Å². The van der Waals surface area contributed by atoms with Crippen molar-refractivity contribution >= 4 is 37.8 Å². The van der Waals surface area contributed by atoms with Gasteiger partial charge in [0.2, 0.25) is 0 Å². The SMILES string of the molecule is C=Cc1sccc1C(=C)Br. The van der Waals surface area contributed by atoms with Crippen LogP contribution in [0, 0.1) is 0 Å². The Hall–Kier alpha value is -0.340. The summed E-state index contributed by atoms with van der Waals surface area (Å²) in [5, 5.41) is 2.03. The molecule has 52 valence electrons. The van der Waals surface area contributed by atoms with E-state index in [0.29, 0.717) is 0 Å². The van der Waals surface area contributed by atoms with Crippen molar-refractivity contribution in [2.45, 2.75) is 0 Å². The van der Waals surface area contributed by atoms with Gasteiger partial charge in [0.1, 0.15) is 0 Å². The summed E-state index contributed by atoms with van der Waals surface area (Å²) in [6, 6.07) is 2.03. The molecule has 1 aromatic rings. The molecule has 10 heavy (non-hydrogen) atoms. The van der Waals surface area contributed by atoms with Crippen LogP contribution in [0.15, 0.2) is 24.6 Å². The van der Waals surface area contributed by atoms with Gasteiger partial charge in [0.15, 0.2) is 0 Å². The molecule has 0 spiro atoms. The summed E-state index contributed by atoms with van der Waals surface area (Å²) in [6.45, 7) is 7.48. The molecule has 0 unspecified atom stereocenters. The smallest absolute Gasteiger partial charge is 0.0347 e. The number of thiophene rings is 1. The van der Waals surface area contributed by atoms with Gasteiger partial charge in [0.25, 0.3) is 0 Å². The van der Waals surface area contributed by atoms with Crippen LogP contribution in [-0.2, 0) is 0 Å². The third-order valence-electron chi connectivity index (χ3n) is 1.17. The van der Waals surface area contributed by atoms with Crippen LogP contribution in [0.5, 0.6) is 0 Å². The molecule has 2 heteroatoms. The van der Waals surface area contributed by atoms with Crippen LogP contribution in [0.2, 0.25) is 0 Å². The number of hydrogen-bond acceptors (Lipinski definition) is 1. The second-order valence-corrected chi connectivity index (χ2v) is 3.71. The van der Waals surface area contributed by atoms with Gasteiger partial charge in [0.05, 0.1) is 0 Å². The zero-order valence-corrected chi connectivity index (χ0v) is 7.83. The van der Waals surface area contributed by atoms with Gasteiger partial charge < -0.3 is 0 Å². The third kappa shape index (κ3) is 1.39. The van der Waals surface area contributed by atoms with Crippen LogP contribution in [-0.4, -0.2) is 0 Å². The first kappa shape index (κ1) is 7.76. The van der Waals surface area contributed by atoms with E-state index in [1.165, 1.54) is 4.88 Å². The molecular formula is C8H7BrS. The van der Waals surface area contributed by atoms with E-state index in [1.807, 2.05) is 17.5 Å². The molecule has 0 amide bonds. The Bertz CT molecular complexity index is 260. The van der Waals surface area contributed by atoms with Crippen LogP contribution in [0.25, 0.3) is 10.6 Å². The van der Waals surface area contributed by atoms with E-state index >= 15 is 0 Å². The van der Waals surface area contributed by atoms with E-state index in [0.717, 1.165) is 10.0 Å². The predicted molar refractivity (Wildman–Crippen MR) is 52.4 cm³/mol. The molecule has 0 nitrogen and oxygen atoms in total. The largest absolute Gasteiger partial charge is 0.144 e. The minimum absolute atomic E-state index is 0.920. The van der Waals surface area contributed by atoms with Gasteiger partial charge in [-0.05, 0) is 11.4 Å². The summed E-state index contributed by atoms with van der Waals surface area (Å²) in [5.74, 6) is 0. The van der Waals surface area contributed by atoms with Gasteiger partial charge in [-0.25, -0.2) is 0 Å². The van der Waals surface area contributed by atoms with E-state index in [1.54, 1.807) is 11.3 Å². The highest BCUT2D eigenvalue weighted by Crippen LogP contribution is 2.27. The lowest BCUT2D eigenvalue weighted by molar-refractivity contribution is 1.84. The zero-order valence-electron chi connectivity index (χ0n) is 5.43. The van der Waals surface area contributed by atoms with E-state index in [2.05, 4.69) is 29.1 Å². The average molecular weight is 215 g/mol. The molecule has 0 N–H and O–H groups in total. The highest BCUT2D eigenvalue weighted by atomic mass is 79.9. The number of hydrogen-bond donors (Lipinski definition) is 0. The fourth-order valence-electron chi connectivity index (χ4n) is 0.703. The Morgan fingerprint density at radius 2 is 2.40 bits per heavy atom. The Balaban J connectivity index is 3.13. The van der Waals surface area contributed by atoms with E-state index in [-0.39, 0.29) is 0 Å². The molecule has 0 atom stereocenters. The van der Waals surface area contributed by atoms with Crippen molar-refractivity contribution in [1.29, 1.82) is 0 Å². The Morgan fingerprint density at radius 1 is 1.70 bits per heavy atom. The molecule has 0 fully saturated rings. The maximum absolute atomic E-state index is 3.78. The molecule has 1 aromatic heterocycles. The summed E-state index contributed by atoms with van der Waals surface area (Å²) >= 11 is 4.99. The predicted octanol–water partition coefficient (Wildman–Crippen LogP) is 3.76. The third-order valence-corrected chi connectivity index (χ3v) is 2.51. The summed E-state index contributed by atoms with van der Waals surface area (Å²) in [6.07, 6.45) is 1.84. The van der Waals surface area contributed by atoms with Gasteiger partial charge in [-0.1, -0.05) is 35.2 Å². The van der Waals surface area contributed by atoms with E-state index in [9.17, 15) is 0 Å². The fraction of sp³-hybridized carbons (Fsp3) is 0. The topological polar surface area (TPSA) is 0 Å². The van der Waals surface area contributed by atoms with E-state index < -0.39 is 0 Å². The standard InChI is InChI=1S/C8H7BrS/c1-3-8-7(6(2)9)4-5-10-8/h3-5H,1-2H2. The quantitative estimate of drug-likeness (QED) is 0.704. The highest BCUT2D eigenvalue weighted by molar-refractivity contribution is 9.15. The normalized spacial score (nSPS) is 9.30. The van der Waals surface area contributed by atoms with Crippen LogP contribution in [0.4, 0.5) is 0 Å². The van der Waals surface area contributed by atoms with Crippen LogP contribution < -0.4 is 0 Å². The number of halogens is 1. The molecule has 1 rings (SSSR count). The Morgan fingerprint density at radius 3 is 2.80 bits per heavy atom. The summed E-state index contributed by atoms with van der Waals surface area (Å²) in [5.41, 5.74) is 1.14. The minimum atomic E-state index is 0.920. The minimum Gasteiger partial charge on any atom is -0.144 e. The van der Waals surface area contributed by atoms with Gasteiger partial charge >= 0.3 is 0 Å². The lowest BCUT2D eigenvalue weighted by Gasteiger charge is -1.92. The summed E-state index contributed by atoms with van der Waals surface area (Å²) in [7, 11) is 0. The van der Waals surface area contributed by atoms with Crippen molar-refractivity contribution in [2.24, 2.45) is 0 Å². The van der Waals surface area contributed by atoms with Crippen molar-refractivity contribution in [3.8, 4) is 0 Å². The average Bonchev–Trinajstić information content (AvgIpc) is 2.33. The molecular weight excluding hydrogens is 208 g/mol. The van der Waals surface area contributed by atoms with Crippen molar-refractivity contribution < 1.29 is 0 Å². The molecule has 0 bridgehead atoms. The number of rotatable bonds is 2. The maximum atomic E-state index is 3.78. The first-order valence-electron chi connectivity index (χ1n) is 2.80. The highest BCUT2D eigenvalue weighted by Gasteiger charge is 2.00.